The monoisotopic (exact) mass is 328 g/mol. The van der Waals surface area contributed by atoms with E-state index in [4.69, 9.17) is 5.73 Å². The van der Waals surface area contributed by atoms with Crippen molar-refractivity contribution in [3.8, 4) is 0 Å². The van der Waals surface area contributed by atoms with E-state index in [0.717, 1.165) is 31.0 Å². The molecule has 0 radical (unpaired) electrons. The van der Waals surface area contributed by atoms with Gasteiger partial charge in [-0.25, -0.2) is 15.0 Å². The summed E-state index contributed by atoms with van der Waals surface area (Å²) in [6.45, 7) is 1.62. The minimum Gasteiger partial charge on any atom is -0.373 e. The second kappa shape index (κ2) is 7.07. The van der Waals surface area contributed by atoms with Gasteiger partial charge in [-0.2, -0.15) is 0 Å². The molecule has 0 spiro atoms. The SMILES string of the molecule is CNc1cc(N2CCCC2CNc2cncc(C(N)=O)n2)ncn1. The van der Waals surface area contributed by atoms with Gasteiger partial charge in [-0.15, -0.1) is 0 Å². The van der Waals surface area contributed by atoms with Crippen LogP contribution in [-0.4, -0.2) is 52.0 Å². The first-order valence-corrected chi connectivity index (χ1v) is 7.79. The summed E-state index contributed by atoms with van der Waals surface area (Å²) in [5.74, 6) is 1.64. The van der Waals surface area contributed by atoms with Crippen LogP contribution in [0.5, 0.6) is 0 Å². The Morgan fingerprint density at radius 1 is 1.38 bits per heavy atom. The van der Waals surface area contributed by atoms with Gasteiger partial charge in [0.1, 0.15) is 29.5 Å². The van der Waals surface area contributed by atoms with Crippen molar-refractivity contribution >= 4 is 23.4 Å². The number of primary amides is 1. The third kappa shape index (κ3) is 3.50. The molecule has 2 aromatic heterocycles. The fourth-order valence-electron chi connectivity index (χ4n) is 2.78. The minimum absolute atomic E-state index is 0.151. The maximum absolute atomic E-state index is 11.2. The van der Waals surface area contributed by atoms with Crippen molar-refractivity contribution in [3.05, 3.63) is 30.5 Å². The highest BCUT2D eigenvalue weighted by molar-refractivity contribution is 5.90. The Morgan fingerprint density at radius 2 is 2.25 bits per heavy atom. The molecular weight excluding hydrogens is 308 g/mol. The highest BCUT2D eigenvalue weighted by Gasteiger charge is 2.26. The lowest BCUT2D eigenvalue weighted by molar-refractivity contribution is 0.0995. The molecule has 126 valence electrons. The van der Waals surface area contributed by atoms with Gasteiger partial charge >= 0.3 is 0 Å². The molecule has 0 aromatic carbocycles. The number of nitrogens with zero attached hydrogens (tertiary/aromatic N) is 5. The molecule has 1 atom stereocenters. The molecule has 4 N–H and O–H groups in total. The van der Waals surface area contributed by atoms with E-state index in [2.05, 4.69) is 35.5 Å². The molecule has 1 aliphatic rings. The predicted molar refractivity (Wildman–Crippen MR) is 91.0 cm³/mol. The van der Waals surface area contributed by atoms with Crippen molar-refractivity contribution in [2.75, 3.05) is 35.7 Å². The molecule has 1 aliphatic heterocycles. The van der Waals surface area contributed by atoms with E-state index in [1.54, 1.807) is 12.5 Å². The molecular formula is C15H20N8O. The number of carbonyl (C=O) groups excluding carboxylic acids is 1. The van der Waals surface area contributed by atoms with E-state index in [1.165, 1.54) is 6.20 Å². The zero-order chi connectivity index (χ0) is 16.9. The highest BCUT2D eigenvalue weighted by atomic mass is 16.1. The van der Waals surface area contributed by atoms with E-state index in [0.29, 0.717) is 12.4 Å². The van der Waals surface area contributed by atoms with Gasteiger partial charge in [-0.3, -0.25) is 9.78 Å². The molecule has 9 heteroatoms. The van der Waals surface area contributed by atoms with Crippen molar-refractivity contribution < 1.29 is 4.79 Å². The number of aromatic nitrogens is 4. The molecule has 3 heterocycles. The molecule has 1 fully saturated rings. The van der Waals surface area contributed by atoms with E-state index in [1.807, 2.05) is 13.1 Å². The van der Waals surface area contributed by atoms with Gasteiger partial charge in [0.05, 0.1) is 12.4 Å². The summed E-state index contributed by atoms with van der Waals surface area (Å²) in [7, 11) is 1.83. The molecule has 9 nitrogen and oxygen atoms in total. The van der Waals surface area contributed by atoms with Crippen LogP contribution in [0.1, 0.15) is 23.3 Å². The number of anilines is 3. The summed E-state index contributed by atoms with van der Waals surface area (Å²) in [5.41, 5.74) is 5.38. The normalized spacial score (nSPS) is 16.9. The first-order valence-electron chi connectivity index (χ1n) is 7.79. The first-order chi connectivity index (χ1) is 11.7. The Morgan fingerprint density at radius 3 is 3.04 bits per heavy atom. The lowest BCUT2D eigenvalue weighted by Gasteiger charge is -2.26. The average molecular weight is 328 g/mol. The summed E-state index contributed by atoms with van der Waals surface area (Å²) in [5, 5.41) is 6.25. The van der Waals surface area contributed by atoms with E-state index in [9.17, 15) is 4.79 Å². The van der Waals surface area contributed by atoms with Crippen LogP contribution < -0.4 is 21.3 Å². The number of amides is 1. The fraction of sp³-hybridized carbons (Fsp3) is 0.400. The van der Waals surface area contributed by atoms with Crippen molar-refractivity contribution in [1.82, 2.24) is 19.9 Å². The first kappa shape index (κ1) is 15.9. The molecule has 0 saturated carbocycles. The van der Waals surface area contributed by atoms with Gasteiger partial charge in [0.25, 0.3) is 5.91 Å². The second-order valence-electron chi connectivity index (χ2n) is 5.54. The van der Waals surface area contributed by atoms with Crippen LogP contribution >= 0.6 is 0 Å². The van der Waals surface area contributed by atoms with Crippen LogP contribution in [0, 0.1) is 0 Å². The zero-order valence-corrected chi connectivity index (χ0v) is 13.4. The van der Waals surface area contributed by atoms with Crippen LogP contribution in [0.15, 0.2) is 24.8 Å². The molecule has 2 aromatic rings. The molecule has 0 bridgehead atoms. The van der Waals surface area contributed by atoms with Crippen LogP contribution in [-0.2, 0) is 0 Å². The van der Waals surface area contributed by atoms with Gasteiger partial charge in [0, 0.05) is 32.2 Å². The van der Waals surface area contributed by atoms with Crippen LogP contribution in [0.2, 0.25) is 0 Å². The highest BCUT2D eigenvalue weighted by Crippen LogP contribution is 2.25. The summed E-state index contributed by atoms with van der Waals surface area (Å²) in [6, 6.07) is 2.22. The summed E-state index contributed by atoms with van der Waals surface area (Å²) >= 11 is 0. The molecule has 1 unspecified atom stereocenters. The Labute approximate surface area is 139 Å². The number of hydrogen-bond acceptors (Lipinski definition) is 8. The van der Waals surface area contributed by atoms with Gasteiger partial charge in [-0.1, -0.05) is 0 Å². The van der Waals surface area contributed by atoms with Crippen molar-refractivity contribution in [3.63, 3.8) is 0 Å². The number of nitrogens with two attached hydrogens (primary N) is 1. The van der Waals surface area contributed by atoms with Crippen LogP contribution in [0.25, 0.3) is 0 Å². The van der Waals surface area contributed by atoms with Gasteiger partial charge in [0.15, 0.2) is 0 Å². The summed E-state index contributed by atoms with van der Waals surface area (Å²) in [4.78, 5) is 30.1. The summed E-state index contributed by atoms with van der Waals surface area (Å²) < 4.78 is 0. The standard InChI is InChI=1S/C15H20N8O/c1-17-12-5-14(21-9-20-12)23-4-2-3-10(23)6-19-13-8-18-7-11(22-13)15(16)24/h5,7-10H,2-4,6H2,1H3,(H2,16,24)(H,19,22)(H,17,20,21). The van der Waals surface area contributed by atoms with Crippen LogP contribution in [0.4, 0.5) is 17.5 Å². The topological polar surface area (TPSA) is 122 Å². The molecule has 24 heavy (non-hydrogen) atoms. The Hall–Kier alpha value is -2.97. The molecule has 3 rings (SSSR count). The van der Waals surface area contributed by atoms with Crippen molar-refractivity contribution in [2.24, 2.45) is 5.73 Å². The smallest absolute Gasteiger partial charge is 0.268 e. The number of hydrogen-bond donors (Lipinski definition) is 3. The largest absolute Gasteiger partial charge is 0.373 e. The summed E-state index contributed by atoms with van der Waals surface area (Å²) in [6.07, 6.45) is 6.64. The Balaban J connectivity index is 1.68. The van der Waals surface area contributed by atoms with Crippen molar-refractivity contribution in [2.45, 2.75) is 18.9 Å². The van der Waals surface area contributed by atoms with Crippen LogP contribution in [0.3, 0.4) is 0 Å². The van der Waals surface area contributed by atoms with Gasteiger partial charge in [0.2, 0.25) is 0 Å². The fourth-order valence-corrected chi connectivity index (χ4v) is 2.78. The maximum Gasteiger partial charge on any atom is 0.268 e. The lowest BCUT2D eigenvalue weighted by atomic mass is 10.2. The third-order valence-electron chi connectivity index (χ3n) is 3.99. The average Bonchev–Trinajstić information content (AvgIpc) is 3.09. The van der Waals surface area contributed by atoms with Crippen molar-refractivity contribution in [1.29, 1.82) is 0 Å². The van der Waals surface area contributed by atoms with Gasteiger partial charge < -0.3 is 21.3 Å². The van der Waals surface area contributed by atoms with E-state index < -0.39 is 5.91 Å². The maximum atomic E-state index is 11.2. The molecule has 0 aliphatic carbocycles. The lowest BCUT2D eigenvalue weighted by Crippen LogP contribution is -2.35. The number of nitrogens with one attached hydrogen (secondary N) is 2. The Bertz CT molecular complexity index is 722. The predicted octanol–water partition coefficient (Wildman–Crippen LogP) is 0.488. The minimum atomic E-state index is -0.589. The van der Waals surface area contributed by atoms with E-state index in [-0.39, 0.29) is 11.7 Å². The molecule has 1 amide bonds. The van der Waals surface area contributed by atoms with Gasteiger partial charge in [-0.05, 0) is 12.8 Å². The Kier molecular flexibility index (Phi) is 4.69. The molecule has 1 saturated heterocycles. The zero-order valence-electron chi connectivity index (χ0n) is 13.4. The second-order valence-corrected chi connectivity index (χ2v) is 5.54. The number of rotatable bonds is 6. The van der Waals surface area contributed by atoms with E-state index >= 15 is 0 Å². The number of carbonyl (C=O) groups is 1. The third-order valence-corrected chi connectivity index (χ3v) is 3.99. The quantitative estimate of drug-likeness (QED) is 0.700.